The molecule has 4 saturated heterocycles. The molecule has 4 aliphatic heterocycles. The lowest BCUT2D eigenvalue weighted by Gasteiger charge is -2.42. The first-order valence-corrected chi connectivity index (χ1v) is 34.1. The van der Waals surface area contributed by atoms with Crippen molar-refractivity contribution in [2.24, 2.45) is 4.99 Å². The van der Waals surface area contributed by atoms with Crippen LogP contribution in [0.2, 0.25) is 10.0 Å². The number of thioether (sulfide) groups is 2. The molecule has 6 heterocycles. The molecular formula is C69H71Br2Cl2N9O6S2. The maximum atomic E-state index is 15.1. The maximum absolute atomic E-state index is 15.1. The zero-order valence-corrected chi connectivity index (χ0v) is 56.9. The fraction of sp³-hybridized carbons (Fsp3) is 0.333. The molecule has 2 aromatic heterocycles. The number of hydrogen-bond donors (Lipinski definition) is 3. The standard InChI is InChI=1S/C35H36BrClN4O3S.C31H30BrClN4O2S.C3H5NO/c1-3-4-31(42)39-15-17-40(18-16-39)34(44)35(45-27-12-5-23(2)6-13-27)20-32(43)41(22-24-7-9-25(36)10-8-24)33(35)29-21-38-30-19-26(37)11-14-28(29)30;1-20-2-9-24(10-3-20)40-31(30(39)36-14-12-34-13-15-36)17-28(38)37(19-21-4-6-22(32)7-5-21)29(31)26-18-35-27-16-23(33)8-11-25(26)27;1-2-4-3-5/h5-14,19,21,33,38H,3-4,15-18,20,22H2,1-2H3;2-11,16,18,29,34-35H,12-15,17,19H2,1H3;2H2,1H3/t33-,35-;29-,31-;/m00./s1. The third kappa shape index (κ3) is 14.8. The summed E-state index contributed by atoms with van der Waals surface area (Å²) in [7, 11) is 0. The number of aromatic nitrogens is 2. The van der Waals surface area contributed by atoms with Gasteiger partial charge in [-0.3, -0.25) is 24.0 Å². The fourth-order valence-electron chi connectivity index (χ4n) is 12.4. The van der Waals surface area contributed by atoms with E-state index in [0.717, 1.165) is 93.4 Å². The number of hydrogen-bond acceptors (Lipinski definition) is 10. The molecule has 0 spiro atoms. The van der Waals surface area contributed by atoms with Crippen LogP contribution in [-0.4, -0.2) is 138 Å². The molecule has 21 heteroatoms. The summed E-state index contributed by atoms with van der Waals surface area (Å²) < 4.78 is -0.257. The van der Waals surface area contributed by atoms with Crippen LogP contribution in [0.1, 0.15) is 85.0 Å². The summed E-state index contributed by atoms with van der Waals surface area (Å²) in [5.74, 6) is -0.0362. The van der Waals surface area contributed by atoms with E-state index >= 15 is 4.79 Å². The minimum absolute atomic E-state index is 0.0135. The van der Waals surface area contributed by atoms with Gasteiger partial charge in [-0.15, -0.1) is 23.5 Å². The summed E-state index contributed by atoms with van der Waals surface area (Å²) >= 11 is 22.7. The second-order valence-electron chi connectivity index (χ2n) is 23.0. The second-order valence-corrected chi connectivity index (χ2v) is 28.5. The largest absolute Gasteiger partial charge is 0.361 e. The minimum atomic E-state index is -1.15. The lowest BCUT2D eigenvalue weighted by molar-refractivity contribution is -0.141. The number of rotatable bonds is 15. The molecule has 90 heavy (non-hydrogen) atoms. The van der Waals surface area contributed by atoms with Crippen molar-refractivity contribution >= 4 is 136 Å². The number of likely N-dealkylation sites (tertiary alicyclic amines) is 2. The van der Waals surface area contributed by atoms with E-state index in [9.17, 15) is 19.2 Å². The van der Waals surface area contributed by atoms with Crippen LogP contribution in [0.15, 0.2) is 170 Å². The highest BCUT2D eigenvalue weighted by molar-refractivity contribution is 9.10. The highest BCUT2D eigenvalue weighted by atomic mass is 79.9. The van der Waals surface area contributed by atoms with Gasteiger partial charge in [0.25, 0.3) is 0 Å². The van der Waals surface area contributed by atoms with Crippen molar-refractivity contribution in [1.29, 1.82) is 0 Å². The van der Waals surface area contributed by atoms with Crippen molar-refractivity contribution in [2.75, 3.05) is 58.9 Å². The summed E-state index contributed by atoms with van der Waals surface area (Å²) in [6, 6.07) is 42.7. The van der Waals surface area contributed by atoms with Gasteiger partial charge in [-0.25, -0.2) is 9.79 Å². The Labute approximate surface area is 560 Å². The third-order valence-electron chi connectivity index (χ3n) is 16.8. The number of benzene rings is 6. The van der Waals surface area contributed by atoms with E-state index in [2.05, 4.69) is 83.3 Å². The van der Waals surface area contributed by atoms with Gasteiger partial charge in [-0.2, -0.15) is 0 Å². The molecular weight excluding hydrogens is 1350 g/mol. The van der Waals surface area contributed by atoms with Crippen LogP contribution in [0.5, 0.6) is 0 Å². The zero-order chi connectivity index (χ0) is 63.7. The Balaban J connectivity index is 0.000000185. The first-order valence-electron chi connectivity index (χ1n) is 30.2. The average molecular weight is 1420 g/mol. The molecule has 0 radical (unpaired) electrons. The van der Waals surface area contributed by atoms with E-state index in [1.807, 2.05) is 160 Å². The number of piperazine rings is 2. The first kappa shape index (κ1) is 66.3. The fourth-order valence-corrected chi connectivity index (χ4v) is 16.2. The van der Waals surface area contributed by atoms with Crippen LogP contribution in [0, 0.1) is 13.8 Å². The van der Waals surface area contributed by atoms with Crippen LogP contribution < -0.4 is 5.32 Å². The zero-order valence-electron chi connectivity index (χ0n) is 50.6. The number of amides is 5. The number of isocyanates is 1. The number of aryl methyl sites for hydroxylation is 2. The number of H-pyrrole nitrogens is 2. The van der Waals surface area contributed by atoms with Gasteiger partial charge in [0.1, 0.15) is 9.49 Å². The summed E-state index contributed by atoms with van der Waals surface area (Å²) in [5.41, 5.74) is 7.81. The van der Waals surface area contributed by atoms with Crippen molar-refractivity contribution in [3.8, 4) is 0 Å². The molecule has 5 amide bonds. The highest BCUT2D eigenvalue weighted by Gasteiger charge is 2.61. The topological polar surface area (TPSA) is 175 Å². The van der Waals surface area contributed by atoms with E-state index in [1.165, 1.54) is 29.6 Å². The van der Waals surface area contributed by atoms with Crippen molar-refractivity contribution in [3.05, 3.63) is 198 Å². The summed E-state index contributed by atoms with van der Waals surface area (Å²) in [4.78, 5) is 101. The Kier molecular flexibility index (Phi) is 21.9. The van der Waals surface area contributed by atoms with E-state index in [4.69, 9.17) is 28.0 Å². The number of fused-ring (bicyclic) bond motifs is 2. The number of nitrogens with zero attached hydrogens (tertiary/aromatic N) is 6. The predicted octanol–water partition coefficient (Wildman–Crippen LogP) is 14.0. The van der Waals surface area contributed by atoms with Gasteiger partial charge in [0.05, 0.1) is 24.9 Å². The van der Waals surface area contributed by atoms with Crippen molar-refractivity contribution in [2.45, 2.75) is 97.8 Å². The van der Waals surface area contributed by atoms with E-state index in [0.29, 0.717) is 75.4 Å². The summed E-state index contributed by atoms with van der Waals surface area (Å²) in [5, 5.41) is 6.48. The maximum Gasteiger partial charge on any atom is 0.242 e. The van der Waals surface area contributed by atoms with Crippen molar-refractivity contribution in [3.63, 3.8) is 0 Å². The van der Waals surface area contributed by atoms with E-state index < -0.39 is 21.6 Å². The van der Waals surface area contributed by atoms with Gasteiger partial charge in [-0.05, 0) is 111 Å². The van der Waals surface area contributed by atoms with Crippen LogP contribution >= 0.6 is 78.6 Å². The Morgan fingerprint density at radius 1 is 0.589 bits per heavy atom. The molecule has 4 fully saturated rings. The quantitative estimate of drug-likeness (QED) is 0.0666. The third-order valence-corrected chi connectivity index (χ3v) is 21.2. The van der Waals surface area contributed by atoms with Gasteiger partial charge in [0, 0.05) is 153 Å². The van der Waals surface area contributed by atoms with Gasteiger partial charge in [0.2, 0.25) is 35.6 Å². The molecule has 0 aliphatic carbocycles. The Morgan fingerprint density at radius 2 is 1.00 bits per heavy atom. The molecule has 3 N–H and O–H groups in total. The molecule has 4 aliphatic rings. The Hall–Kier alpha value is -6.67. The minimum Gasteiger partial charge on any atom is -0.361 e. The van der Waals surface area contributed by atoms with Crippen molar-refractivity contribution in [1.82, 2.24) is 39.8 Å². The number of aliphatic imine (C=N–C) groups is 1. The molecule has 0 unspecified atom stereocenters. The molecule has 0 bridgehead atoms. The molecule has 8 aromatic rings. The Morgan fingerprint density at radius 3 is 1.39 bits per heavy atom. The Bertz CT molecular complexity index is 3930. The van der Waals surface area contributed by atoms with E-state index in [-0.39, 0.29) is 42.4 Å². The first-order chi connectivity index (χ1) is 43.4. The lowest BCUT2D eigenvalue weighted by Crippen LogP contribution is -2.57. The van der Waals surface area contributed by atoms with E-state index in [1.54, 1.807) is 6.92 Å². The van der Waals surface area contributed by atoms with Crippen molar-refractivity contribution < 1.29 is 28.8 Å². The average Bonchev–Trinajstić information content (AvgIpc) is 1.56. The SMILES string of the molecule is CCCC(=O)N1CCN(C(=O)[C@]2(Sc3ccc(C)cc3)CC(=O)N(Cc3ccc(Br)cc3)[C@H]2c2c[nH]c3cc(Cl)ccc23)CC1.CCN=C=O.Cc1ccc(S[C@@]2(C(=O)N3CCNCC3)CC(=O)N(Cc3ccc(Br)cc3)[C@H]2c2c[nH]c3cc(Cl)ccc23)cc1. The lowest BCUT2D eigenvalue weighted by atomic mass is 9.90. The molecule has 15 nitrogen and oxygen atoms in total. The highest BCUT2D eigenvalue weighted by Crippen LogP contribution is 2.57. The number of carbonyl (C=O) groups excluding carboxylic acids is 6. The molecule has 6 aromatic carbocycles. The van der Waals surface area contributed by atoms with Gasteiger partial charge in [0.15, 0.2) is 0 Å². The van der Waals surface area contributed by atoms with Crippen LogP contribution in [0.25, 0.3) is 21.8 Å². The number of nitrogens with one attached hydrogen (secondary N) is 3. The number of aromatic amines is 2. The number of halogens is 4. The van der Waals surface area contributed by atoms with Crippen LogP contribution in [0.3, 0.4) is 0 Å². The van der Waals surface area contributed by atoms with Gasteiger partial charge < -0.3 is 39.8 Å². The summed E-state index contributed by atoms with van der Waals surface area (Å²) in [6.07, 6.45) is 6.75. The van der Waals surface area contributed by atoms with Crippen LogP contribution in [-0.2, 0) is 41.9 Å². The molecule has 468 valence electrons. The second kappa shape index (κ2) is 29.7. The predicted molar refractivity (Wildman–Crippen MR) is 366 cm³/mol. The normalized spacial score (nSPS) is 20.0. The van der Waals surface area contributed by atoms with Gasteiger partial charge in [-0.1, -0.05) is 134 Å². The number of carbonyl (C=O) groups is 5. The molecule has 12 rings (SSSR count). The van der Waals surface area contributed by atoms with Gasteiger partial charge >= 0.3 is 0 Å². The molecule has 4 atom stereocenters. The van der Waals surface area contributed by atoms with Crippen LogP contribution in [0.4, 0.5) is 0 Å². The molecule has 0 saturated carbocycles. The monoisotopic (exact) mass is 1410 g/mol. The smallest absolute Gasteiger partial charge is 0.242 e. The summed E-state index contributed by atoms with van der Waals surface area (Å²) in [6.45, 7) is 13.7.